The zero-order chi connectivity index (χ0) is 13.9. The fourth-order valence-electron chi connectivity index (χ4n) is 3.66. The predicted octanol–water partition coefficient (Wildman–Crippen LogP) is 3.08. The molecule has 0 radical (unpaired) electrons. The summed E-state index contributed by atoms with van der Waals surface area (Å²) in [5, 5.41) is 0. The zero-order valence-electron chi connectivity index (χ0n) is 12.7. The minimum absolute atomic E-state index is 0.000309. The Morgan fingerprint density at radius 1 is 1.26 bits per heavy atom. The van der Waals surface area contributed by atoms with Crippen molar-refractivity contribution in [3.63, 3.8) is 0 Å². The standard InChI is InChI=1S/C16H30N2O/c1-16(2)11-10-14(17)12-18(16)15(19)9-5-8-13-6-3-4-7-13/h13-14H,3-12,17H2,1-2H3. The van der Waals surface area contributed by atoms with Crippen LogP contribution in [-0.4, -0.2) is 28.9 Å². The van der Waals surface area contributed by atoms with Gasteiger partial charge in [0.25, 0.3) is 0 Å². The molecule has 1 atom stereocenters. The van der Waals surface area contributed by atoms with Gasteiger partial charge in [-0.05, 0) is 45.4 Å². The van der Waals surface area contributed by atoms with Crippen molar-refractivity contribution in [3.05, 3.63) is 0 Å². The molecule has 19 heavy (non-hydrogen) atoms. The molecule has 0 aromatic rings. The molecule has 110 valence electrons. The summed E-state index contributed by atoms with van der Waals surface area (Å²) in [4.78, 5) is 14.4. The molecule has 2 N–H and O–H groups in total. The van der Waals surface area contributed by atoms with E-state index >= 15 is 0 Å². The Hall–Kier alpha value is -0.570. The molecule has 1 amide bonds. The Morgan fingerprint density at radius 2 is 1.95 bits per heavy atom. The van der Waals surface area contributed by atoms with Gasteiger partial charge in [-0.15, -0.1) is 0 Å². The second-order valence-electron chi connectivity index (χ2n) is 7.16. The lowest BCUT2D eigenvalue weighted by Gasteiger charge is -2.45. The van der Waals surface area contributed by atoms with E-state index in [1.54, 1.807) is 0 Å². The number of amides is 1. The molecule has 0 spiro atoms. The van der Waals surface area contributed by atoms with E-state index in [1.165, 1.54) is 32.1 Å². The predicted molar refractivity (Wildman–Crippen MR) is 78.8 cm³/mol. The van der Waals surface area contributed by atoms with Crippen LogP contribution in [0.3, 0.4) is 0 Å². The maximum absolute atomic E-state index is 12.4. The van der Waals surface area contributed by atoms with Crippen LogP contribution in [0.2, 0.25) is 0 Å². The third-order valence-corrected chi connectivity index (χ3v) is 5.05. The summed E-state index contributed by atoms with van der Waals surface area (Å²) >= 11 is 0. The van der Waals surface area contributed by atoms with E-state index < -0.39 is 0 Å². The van der Waals surface area contributed by atoms with Crippen molar-refractivity contribution < 1.29 is 4.79 Å². The summed E-state index contributed by atoms with van der Waals surface area (Å²) in [6.07, 6.45) is 10.6. The van der Waals surface area contributed by atoms with E-state index in [0.717, 1.165) is 31.7 Å². The van der Waals surface area contributed by atoms with Crippen LogP contribution in [0.5, 0.6) is 0 Å². The van der Waals surface area contributed by atoms with Gasteiger partial charge in [-0.3, -0.25) is 4.79 Å². The highest BCUT2D eigenvalue weighted by atomic mass is 16.2. The van der Waals surface area contributed by atoms with Crippen molar-refractivity contribution in [2.45, 2.75) is 83.2 Å². The topological polar surface area (TPSA) is 46.3 Å². The Labute approximate surface area is 117 Å². The summed E-state index contributed by atoms with van der Waals surface area (Å²) in [6, 6.07) is 0.173. The first-order chi connectivity index (χ1) is 8.99. The van der Waals surface area contributed by atoms with Gasteiger partial charge in [-0.2, -0.15) is 0 Å². The quantitative estimate of drug-likeness (QED) is 0.850. The molecule has 1 aliphatic heterocycles. The van der Waals surface area contributed by atoms with E-state index in [0.29, 0.717) is 12.3 Å². The summed E-state index contributed by atoms with van der Waals surface area (Å²) < 4.78 is 0. The molecule has 2 fully saturated rings. The first-order valence-corrected chi connectivity index (χ1v) is 8.05. The van der Waals surface area contributed by atoms with Gasteiger partial charge >= 0.3 is 0 Å². The molecule has 2 rings (SSSR count). The van der Waals surface area contributed by atoms with E-state index in [4.69, 9.17) is 5.73 Å². The van der Waals surface area contributed by atoms with Crippen molar-refractivity contribution in [2.75, 3.05) is 6.54 Å². The second-order valence-corrected chi connectivity index (χ2v) is 7.16. The van der Waals surface area contributed by atoms with Crippen LogP contribution in [0, 0.1) is 5.92 Å². The van der Waals surface area contributed by atoms with Crippen molar-refractivity contribution in [3.8, 4) is 0 Å². The molecule has 1 saturated heterocycles. The van der Waals surface area contributed by atoms with Crippen molar-refractivity contribution in [1.29, 1.82) is 0 Å². The fraction of sp³-hybridized carbons (Fsp3) is 0.938. The van der Waals surface area contributed by atoms with Crippen LogP contribution in [0.4, 0.5) is 0 Å². The lowest BCUT2D eigenvalue weighted by Crippen LogP contribution is -2.56. The maximum atomic E-state index is 12.4. The maximum Gasteiger partial charge on any atom is 0.223 e. The number of rotatable bonds is 4. The van der Waals surface area contributed by atoms with Gasteiger partial charge in [0, 0.05) is 24.5 Å². The van der Waals surface area contributed by atoms with Gasteiger partial charge in [0.05, 0.1) is 0 Å². The lowest BCUT2D eigenvalue weighted by molar-refractivity contribution is -0.139. The number of hydrogen-bond donors (Lipinski definition) is 1. The number of piperidine rings is 1. The number of hydrogen-bond acceptors (Lipinski definition) is 2. The summed E-state index contributed by atoms with van der Waals surface area (Å²) in [6.45, 7) is 5.09. The minimum atomic E-state index is 0.000309. The summed E-state index contributed by atoms with van der Waals surface area (Å²) in [7, 11) is 0. The molecule has 0 bridgehead atoms. The lowest BCUT2D eigenvalue weighted by atomic mass is 9.88. The third-order valence-electron chi connectivity index (χ3n) is 5.05. The number of carbonyl (C=O) groups is 1. The molecule has 2 aliphatic rings. The number of nitrogens with zero attached hydrogens (tertiary/aromatic N) is 1. The van der Waals surface area contributed by atoms with Crippen LogP contribution < -0.4 is 5.73 Å². The molecule has 1 unspecified atom stereocenters. The van der Waals surface area contributed by atoms with Gasteiger partial charge in [0.2, 0.25) is 5.91 Å². The smallest absolute Gasteiger partial charge is 0.223 e. The van der Waals surface area contributed by atoms with Crippen LogP contribution in [0.15, 0.2) is 0 Å². The Bertz CT molecular complexity index is 308. The summed E-state index contributed by atoms with van der Waals surface area (Å²) in [5.41, 5.74) is 6.02. The second kappa shape index (κ2) is 6.25. The van der Waals surface area contributed by atoms with E-state index in [2.05, 4.69) is 13.8 Å². The van der Waals surface area contributed by atoms with E-state index in [9.17, 15) is 4.79 Å². The third kappa shape index (κ3) is 3.95. The van der Waals surface area contributed by atoms with Gasteiger partial charge < -0.3 is 10.6 Å². The molecule has 1 aliphatic carbocycles. The van der Waals surface area contributed by atoms with Crippen LogP contribution in [0.1, 0.15) is 71.6 Å². The monoisotopic (exact) mass is 266 g/mol. The Balaban J connectivity index is 1.77. The van der Waals surface area contributed by atoms with Crippen LogP contribution >= 0.6 is 0 Å². The molecule has 0 aromatic carbocycles. The molecule has 1 saturated carbocycles. The minimum Gasteiger partial charge on any atom is -0.336 e. The molecule has 1 heterocycles. The van der Waals surface area contributed by atoms with Crippen molar-refractivity contribution in [1.82, 2.24) is 4.90 Å². The SMILES string of the molecule is CC1(C)CCC(N)CN1C(=O)CCCC1CCCC1. The largest absolute Gasteiger partial charge is 0.336 e. The van der Waals surface area contributed by atoms with Gasteiger partial charge in [0.15, 0.2) is 0 Å². The van der Waals surface area contributed by atoms with Gasteiger partial charge in [-0.25, -0.2) is 0 Å². The van der Waals surface area contributed by atoms with Crippen LogP contribution in [-0.2, 0) is 4.79 Å². The average Bonchev–Trinajstić information content (AvgIpc) is 2.85. The van der Waals surface area contributed by atoms with Gasteiger partial charge in [-0.1, -0.05) is 25.7 Å². The molecular weight excluding hydrogens is 236 g/mol. The fourth-order valence-corrected chi connectivity index (χ4v) is 3.66. The highest BCUT2D eigenvalue weighted by Gasteiger charge is 2.35. The molecular formula is C16H30N2O. The zero-order valence-corrected chi connectivity index (χ0v) is 12.7. The summed E-state index contributed by atoms with van der Waals surface area (Å²) in [5.74, 6) is 1.21. The molecule has 3 heteroatoms. The highest BCUT2D eigenvalue weighted by Crippen LogP contribution is 2.30. The van der Waals surface area contributed by atoms with Crippen molar-refractivity contribution >= 4 is 5.91 Å². The number of nitrogens with two attached hydrogens (primary N) is 1. The molecule has 0 aromatic heterocycles. The highest BCUT2D eigenvalue weighted by molar-refractivity contribution is 5.77. The van der Waals surface area contributed by atoms with Crippen LogP contribution in [0.25, 0.3) is 0 Å². The van der Waals surface area contributed by atoms with E-state index in [1.807, 2.05) is 4.90 Å². The first kappa shape index (κ1) is 14.8. The van der Waals surface area contributed by atoms with Crippen molar-refractivity contribution in [2.24, 2.45) is 11.7 Å². The average molecular weight is 266 g/mol. The van der Waals surface area contributed by atoms with E-state index in [-0.39, 0.29) is 11.6 Å². The number of likely N-dealkylation sites (tertiary alicyclic amines) is 1. The first-order valence-electron chi connectivity index (χ1n) is 8.05. The number of carbonyl (C=O) groups excluding carboxylic acids is 1. The Kier molecular flexibility index (Phi) is 4.88. The molecule has 3 nitrogen and oxygen atoms in total. The Morgan fingerprint density at radius 3 is 2.63 bits per heavy atom. The normalized spacial score (nSPS) is 27.7. The van der Waals surface area contributed by atoms with Gasteiger partial charge in [0.1, 0.15) is 0 Å².